The Labute approximate surface area is 99.7 Å². The van der Waals surface area contributed by atoms with Crippen molar-refractivity contribution in [3.63, 3.8) is 0 Å². The van der Waals surface area contributed by atoms with Crippen LogP contribution in [0.15, 0.2) is 18.2 Å². The van der Waals surface area contributed by atoms with Crippen LogP contribution in [0, 0.1) is 0 Å². The molecule has 4 nitrogen and oxygen atoms in total. The van der Waals surface area contributed by atoms with E-state index in [9.17, 15) is 4.79 Å². The molecule has 88 valence electrons. The molecule has 0 aliphatic rings. The van der Waals surface area contributed by atoms with Crippen LogP contribution in [0.4, 0.5) is 0 Å². The summed E-state index contributed by atoms with van der Waals surface area (Å²) in [6.07, 6.45) is 0.295. The Morgan fingerprint density at radius 3 is 2.88 bits per heavy atom. The van der Waals surface area contributed by atoms with Gasteiger partial charge >= 0.3 is 0 Å². The maximum atomic E-state index is 11.4. The summed E-state index contributed by atoms with van der Waals surface area (Å²) < 4.78 is 5.02. The number of benzene rings is 1. The number of halogens is 1. The molecular weight excluding hydrogens is 228 g/mol. The predicted octanol–water partition coefficient (Wildman–Crippen LogP) is 0.966. The number of amides is 1. The minimum atomic E-state index is -0.0633. The van der Waals surface area contributed by atoms with Gasteiger partial charge in [-0.15, -0.1) is 0 Å². The minimum absolute atomic E-state index is 0.0633. The number of nitrogens with one attached hydrogen (secondary N) is 1. The molecule has 1 aromatic carbocycles. The van der Waals surface area contributed by atoms with Crippen LogP contribution in [0.1, 0.15) is 5.56 Å². The van der Waals surface area contributed by atoms with Gasteiger partial charge in [-0.3, -0.25) is 4.79 Å². The Kier molecular flexibility index (Phi) is 5.08. The third-order valence-electron chi connectivity index (χ3n) is 2.05. The van der Waals surface area contributed by atoms with Gasteiger partial charge in [-0.05, 0) is 17.7 Å². The second kappa shape index (κ2) is 6.35. The second-order valence-corrected chi connectivity index (χ2v) is 3.69. The number of ether oxygens (including phenoxy) is 1. The van der Waals surface area contributed by atoms with Crippen molar-refractivity contribution in [2.75, 3.05) is 20.2 Å². The lowest BCUT2D eigenvalue weighted by molar-refractivity contribution is -0.120. The fraction of sp³-hybridized carbons (Fsp3) is 0.364. The van der Waals surface area contributed by atoms with Gasteiger partial charge in [0, 0.05) is 13.1 Å². The average Bonchev–Trinajstić information content (AvgIpc) is 2.26. The summed E-state index contributed by atoms with van der Waals surface area (Å²) in [5.41, 5.74) is 6.13. The molecule has 3 N–H and O–H groups in total. The predicted molar refractivity (Wildman–Crippen MR) is 63.8 cm³/mol. The molecule has 1 aromatic rings. The van der Waals surface area contributed by atoms with E-state index in [4.69, 9.17) is 22.1 Å². The van der Waals surface area contributed by atoms with Crippen LogP contribution in [0.25, 0.3) is 0 Å². The van der Waals surface area contributed by atoms with Crippen molar-refractivity contribution in [3.8, 4) is 5.75 Å². The standard InChI is InChI=1S/C11H15ClN2O2/c1-16-10-3-2-8(6-9(10)12)7-11(15)14-5-4-13/h2-3,6H,4-5,7,13H2,1H3,(H,14,15). The first kappa shape index (κ1) is 12.8. The largest absolute Gasteiger partial charge is 0.495 e. The first-order valence-electron chi connectivity index (χ1n) is 4.96. The molecule has 0 unspecified atom stereocenters. The zero-order chi connectivity index (χ0) is 12.0. The minimum Gasteiger partial charge on any atom is -0.495 e. The number of hydrogen-bond acceptors (Lipinski definition) is 3. The summed E-state index contributed by atoms with van der Waals surface area (Å²) in [5.74, 6) is 0.541. The highest BCUT2D eigenvalue weighted by atomic mass is 35.5. The topological polar surface area (TPSA) is 64.3 Å². The van der Waals surface area contributed by atoms with Gasteiger partial charge in [-0.1, -0.05) is 17.7 Å². The van der Waals surface area contributed by atoms with Gasteiger partial charge in [0.15, 0.2) is 0 Å². The molecule has 0 radical (unpaired) electrons. The lowest BCUT2D eigenvalue weighted by atomic mass is 10.1. The van der Waals surface area contributed by atoms with Gasteiger partial charge in [0.25, 0.3) is 0 Å². The van der Waals surface area contributed by atoms with Crippen LogP contribution in [-0.4, -0.2) is 26.1 Å². The number of methoxy groups -OCH3 is 1. The van der Waals surface area contributed by atoms with Crippen LogP contribution in [0.2, 0.25) is 5.02 Å². The summed E-state index contributed by atoms with van der Waals surface area (Å²) in [6.45, 7) is 0.928. The van der Waals surface area contributed by atoms with Crippen molar-refractivity contribution in [3.05, 3.63) is 28.8 Å². The van der Waals surface area contributed by atoms with E-state index < -0.39 is 0 Å². The van der Waals surface area contributed by atoms with Crippen LogP contribution in [-0.2, 0) is 11.2 Å². The van der Waals surface area contributed by atoms with E-state index in [1.54, 1.807) is 19.2 Å². The van der Waals surface area contributed by atoms with E-state index in [1.807, 2.05) is 6.07 Å². The number of rotatable bonds is 5. The van der Waals surface area contributed by atoms with Crippen molar-refractivity contribution in [2.45, 2.75) is 6.42 Å². The summed E-state index contributed by atoms with van der Waals surface area (Å²) in [4.78, 5) is 11.4. The molecule has 0 aliphatic heterocycles. The molecular formula is C11H15ClN2O2. The molecule has 16 heavy (non-hydrogen) atoms. The van der Waals surface area contributed by atoms with Crippen LogP contribution in [0.3, 0.4) is 0 Å². The first-order valence-corrected chi connectivity index (χ1v) is 5.34. The van der Waals surface area contributed by atoms with Crippen molar-refractivity contribution in [1.29, 1.82) is 0 Å². The van der Waals surface area contributed by atoms with Crippen LogP contribution >= 0.6 is 11.6 Å². The molecule has 0 bridgehead atoms. The molecule has 0 saturated carbocycles. The molecule has 0 aliphatic carbocycles. The first-order chi connectivity index (χ1) is 7.67. The Bertz CT molecular complexity index is 369. The Balaban J connectivity index is 2.61. The highest BCUT2D eigenvalue weighted by Gasteiger charge is 2.05. The molecule has 0 atom stereocenters. The number of carbonyl (C=O) groups excluding carboxylic acids is 1. The Morgan fingerprint density at radius 2 is 2.31 bits per heavy atom. The molecule has 0 heterocycles. The molecule has 0 fully saturated rings. The molecule has 1 rings (SSSR count). The Hall–Kier alpha value is -1.26. The van der Waals surface area contributed by atoms with Crippen molar-refractivity contribution >= 4 is 17.5 Å². The zero-order valence-electron chi connectivity index (χ0n) is 9.13. The number of carbonyl (C=O) groups is 1. The van der Waals surface area contributed by atoms with Crippen molar-refractivity contribution in [2.24, 2.45) is 5.73 Å². The summed E-state index contributed by atoms with van der Waals surface area (Å²) in [6, 6.07) is 5.28. The molecule has 0 aromatic heterocycles. The number of nitrogens with two attached hydrogens (primary N) is 1. The maximum absolute atomic E-state index is 11.4. The van der Waals surface area contributed by atoms with E-state index in [-0.39, 0.29) is 5.91 Å². The average molecular weight is 243 g/mol. The monoisotopic (exact) mass is 242 g/mol. The third-order valence-corrected chi connectivity index (χ3v) is 2.34. The molecule has 0 spiro atoms. The SMILES string of the molecule is COc1ccc(CC(=O)NCCN)cc1Cl. The molecule has 1 amide bonds. The smallest absolute Gasteiger partial charge is 0.224 e. The van der Waals surface area contributed by atoms with Crippen molar-refractivity contribution in [1.82, 2.24) is 5.32 Å². The summed E-state index contributed by atoms with van der Waals surface area (Å²) in [7, 11) is 1.55. The van der Waals surface area contributed by atoms with E-state index in [2.05, 4.69) is 5.32 Å². The van der Waals surface area contributed by atoms with Gasteiger partial charge in [-0.2, -0.15) is 0 Å². The van der Waals surface area contributed by atoms with Gasteiger partial charge in [0.2, 0.25) is 5.91 Å². The quantitative estimate of drug-likeness (QED) is 0.809. The lowest BCUT2D eigenvalue weighted by Gasteiger charge is -2.06. The third kappa shape index (κ3) is 3.72. The van der Waals surface area contributed by atoms with E-state index >= 15 is 0 Å². The normalized spacial score (nSPS) is 9.94. The van der Waals surface area contributed by atoms with Crippen LogP contribution in [0.5, 0.6) is 5.75 Å². The van der Waals surface area contributed by atoms with Gasteiger partial charge in [0.05, 0.1) is 18.6 Å². The number of hydrogen-bond donors (Lipinski definition) is 2. The fourth-order valence-electron chi connectivity index (χ4n) is 1.28. The van der Waals surface area contributed by atoms with Crippen LogP contribution < -0.4 is 15.8 Å². The lowest BCUT2D eigenvalue weighted by Crippen LogP contribution is -2.30. The van der Waals surface area contributed by atoms with Gasteiger partial charge in [-0.25, -0.2) is 0 Å². The Morgan fingerprint density at radius 1 is 1.56 bits per heavy atom. The second-order valence-electron chi connectivity index (χ2n) is 3.28. The van der Waals surface area contributed by atoms with Gasteiger partial charge in [0.1, 0.15) is 5.75 Å². The zero-order valence-corrected chi connectivity index (χ0v) is 9.88. The summed E-state index contributed by atoms with van der Waals surface area (Å²) >= 11 is 5.94. The fourth-order valence-corrected chi connectivity index (χ4v) is 1.56. The maximum Gasteiger partial charge on any atom is 0.224 e. The molecule has 0 saturated heterocycles. The van der Waals surface area contributed by atoms with Gasteiger partial charge < -0.3 is 15.8 Å². The highest BCUT2D eigenvalue weighted by molar-refractivity contribution is 6.32. The van der Waals surface area contributed by atoms with E-state index in [0.29, 0.717) is 30.3 Å². The summed E-state index contributed by atoms with van der Waals surface area (Å²) in [5, 5.41) is 3.20. The van der Waals surface area contributed by atoms with E-state index in [0.717, 1.165) is 5.56 Å². The highest BCUT2D eigenvalue weighted by Crippen LogP contribution is 2.24. The van der Waals surface area contributed by atoms with Crippen molar-refractivity contribution < 1.29 is 9.53 Å². The van der Waals surface area contributed by atoms with E-state index in [1.165, 1.54) is 0 Å². The molecule has 5 heteroatoms.